The first-order chi connectivity index (χ1) is 20.0. The standard InChI is InChI=1S/C35H30Cl4N2/c1-3-5-19-40-28-15-7-11-24(36)32(28)22(33-25(37)12-8-16-29(33)40)21-23-34-26(38)13-9-17-30(34)41(20-6-4-2)31-18-10-14-27(39)35(23)31/h7-18H,3-6,19-20H2,1-2H3. The summed E-state index contributed by atoms with van der Waals surface area (Å²) in [5.41, 5.74) is 13.3. The molecule has 6 rings (SSSR count). The Morgan fingerprint density at radius 2 is 0.780 bits per heavy atom. The number of fused-ring (bicyclic) bond motifs is 4. The lowest BCUT2D eigenvalue weighted by molar-refractivity contribution is 0.783. The lowest BCUT2D eigenvalue weighted by Gasteiger charge is -2.36. The predicted molar refractivity (Wildman–Crippen MR) is 178 cm³/mol. The van der Waals surface area contributed by atoms with Crippen molar-refractivity contribution in [2.75, 3.05) is 22.9 Å². The minimum Gasteiger partial charge on any atom is -0.340 e. The summed E-state index contributed by atoms with van der Waals surface area (Å²) in [6.45, 7) is 6.12. The van der Waals surface area contributed by atoms with Gasteiger partial charge in [-0.05, 0) is 61.4 Å². The van der Waals surface area contributed by atoms with Crippen molar-refractivity contribution in [3.8, 4) is 0 Å². The van der Waals surface area contributed by atoms with Crippen molar-refractivity contribution in [2.45, 2.75) is 39.5 Å². The normalized spacial score (nSPS) is 13.4. The molecule has 2 aliphatic heterocycles. The molecular formula is C35H30Cl4N2. The number of unbranched alkanes of at least 4 members (excludes halogenated alkanes) is 2. The Labute approximate surface area is 262 Å². The molecule has 0 aromatic heterocycles. The SMILES string of the molecule is CCCCN1c2cccc(Cl)c2C(=C=C2c3c(Cl)cccc3N(CCCC)c3cccc(Cl)c32)c2c(Cl)cccc21. The summed E-state index contributed by atoms with van der Waals surface area (Å²) in [5.74, 6) is 0. The maximum absolute atomic E-state index is 7.02. The van der Waals surface area contributed by atoms with Gasteiger partial charge in [0.2, 0.25) is 0 Å². The molecule has 0 atom stereocenters. The second kappa shape index (κ2) is 11.8. The Bertz CT molecular complexity index is 1480. The van der Waals surface area contributed by atoms with Crippen LogP contribution in [-0.2, 0) is 0 Å². The van der Waals surface area contributed by atoms with Crippen LogP contribution in [0, 0.1) is 0 Å². The van der Waals surface area contributed by atoms with E-state index >= 15 is 0 Å². The van der Waals surface area contributed by atoms with Crippen LogP contribution in [0.1, 0.15) is 61.8 Å². The van der Waals surface area contributed by atoms with Crippen LogP contribution in [0.5, 0.6) is 0 Å². The minimum absolute atomic E-state index is 0.650. The first kappa shape index (κ1) is 28.3. The number of benzene rings is 4. The first-order valence-corrected chi connectivity index (χ1v) is 15.7. The van der Waals surface area contributed by atoms with Crippen LogP contribution in [0.15, 0.2) is 78.5 Å². The predicted octanol–water partition coefficient (Wildman–Crippen LogP) is 12.0. The molecule has 208 valence electrons. The van der Waals surface area contributed by atoms with Gasteiger partial charge in [-0.15, -0.1) is 5.73 Å². The molecule has 6 heteroatoms. The van der Waals surface area contributed by atoms with E-state index in [1.165, 1.54) is 0 Å². The molecule has 0 radical (unpaired) electrons. The lowest BCUT2D eigenvalue weighted by Crippen LogP contribution is -2.25. The molecule has 0 amide bonds. The molecule has 4 aromatic carbocycles. The molecule has 0 N–H and O–H groups in total. The monoisotopic (exact) mass is 618 g/mol. The summed E-state index contributed by atoms with van der Waals surface area (Å²) in [6, 6.07) is 24.3. The summed E-state index contributed by atoms with van der Waals surface area (Å²) >= 11 is 28.1. The zero-order valence-corrected chi connectivity index (χ0v) is 26.1. The zero-order chi connectivity index (χ0) is 28.7. The molecule has 0 saturated heterocycles. The largest absolute Gasteiger partial charge is 0.340 e. The average Bonchev–Trinajstić information content (AvgIpc) is 2.96. The highest BCUT2D eigenvalue weighted by molar-refractivity contribution is 6.37. The van der Waals surface area contributed by atoms with E-state index in [-0.39, 0.29) is 0 Å². The maximum atomic E-state index is 7.02. The van der Waals surface area contributed by atoms with Crippen LogP contribution in [0.25, 0.3) is 11.1 Å². The fourth-order valence-electron chi connectivity index (χ4n) is 5.94. The summed E-state index contributed by atoms with van der Waals surface area (Å²) in [6.07, 6.45) is 4.23. The summed E-state index contributed by atoms with van der Waals surface area (Å²) in [4.78, 5) is 4.66. The van der Waals surface area contributed by atoms with Gasteiger partial charge in [-0.2, -0.15) is 0 Å². The van der Waals surface area contributed by atoms with Crippen LogP contribution in [0.4, 0.5) is 22.7 Å². The summed E-state index contributed by atoms with van der Waals surface area (Å²) in [7, 11) is 0. The minimum atomic E-state index is 0.650. The molecule has 0 bridgehead atoms. The Balaban J connectivity index is 1.76. The molecule has 4 aromatic rings. The van der Waals surface area contributed by atoms with Crippen molar-refractivity contribution in [1.29, 1.82) is 0 Å². The van der Waals surface area contributed by atoms with Gasteiger partial charge in [0, 0.05) is 46.5 Å². The van der Waals surface area contributed by atoms with Crippen molar-refractivity contribution < 1.29 is 0 Å². The fraction of sp³-hybridized carbons (Fsp3) is 0.229. The van der Waals surface area contributed by atoms with Crippen LogP contribution < -0.4 is 9.80 Å². The van der Waals surface area contributed by atoms with Gasteiger partial charge in [-0.3, -0.25) is 0 Å². The third-order valence-electron chi connectivity index (χ3n) is 7.85. The zero-order valence-electron chi connectivity index (χ0n) is 23.1. The molecule has 2 nitrogen and oxygen atoms in total. The van der Waals surface area contributed by atoms with E-state index in [9.17, 15) is 0 Å². The van der Waals surface area contributed by atoms with Crippen LogP contribution >= 0.6 is 46.4 Å². The second-order valence-corrected chi connectivity index (χ2v) is 12.1. The highest BCUT2D eigenvalue weighted by Gasteiger charge is 2.33. The lowest BCUT2D eigenvalue weighted by atomic mass is 9.86. The van der Waals surface area contributed by atoms with E-state index < -0.39 is 0 Å². The molecule has 2 heterocycles. The van der Waals surface area contributed by atoms with E-state index in [2.05, 4.69) is 53.6 Å². The molecular weight excluding hydrogens is 590 g/mol. The Kier molecular flexibility index (Phi) is 8.14. The van der Waals surface area contributed by atoms with Crippen molar-refractivity contribution in [3.05, 3.63) is 121 Å². The van der Waals surface area contributed by atoms with Crippen LogP contribution in [-0.4, -0.2) is 13.1 Å². The van der Waals surface area contributed by atoms with Crippen molar-refractivity contribution >= 4 is 80.3 Å². The molecule has 0 fully saturated rings. The smallest absolute Gasteiger partial charge is 0.0512 e. The molecule has 2 aliphatic rings. The number of halogens is 4. The molecule has 0 saturated carbocycles. The van der Waals surface area contributed by atoms with Gasteiger partial charge in [0.15, 0.2) is 0 Å². The average molecular weight is 620 g/mol. The van der Waals surface area contributed by atoms with E-state index in [0.29, 0.717) is 20.1 Å². The van der Waals surface area contributed by atoms with Gasteiger partial charge in [-0.25, -0.2) is 0 Å². The third-order valence-corrected chi connectivity index (χ3v) is 9.11. The number of hydrogen-bond acceptors (Lipinski definition) is 2. The number of hydrogen-bond donors (Lipinski definition) is 0. The Morgan fingerprint density at radius 1 is 0.488 bits per heavy atom. The highest BCUT2D eigenvalue weighted by Crippen LogP contribution is 2.53. The highest BCUT2D eigenvalue weighted by atomic mass is 35.5. The van der Waals surface area contributed by atoms with Crippen molar-refractivity contribution in [2.24, 2.45) is 0 Å². The fourth-order valence-corrected chi connectivity index (χ4v) is 7.00. The van der Waals surface area contributed by atoms with Gasteiger partial charge in [0.25, 0.3) is 0 Å². The quantitative estimate of drug-likeness (QED) is 0.198. The van der Waals surface area contributed by atoms with Crippen molar-refractivity contribution in [1.82, 2.24) is 0 Å². The molecule has 0 aliphatic carbocycles. The third kappa shape index (κ3) is 4.87. The Hall–Kier alpha value is -2.84. The first-order valence-electron chi connectivity index (χ1n) is 14.2. The van der Waals surface area contributed by atoms with Crippen LogP contribution in [0.2, 0.25) is 20.1 Å². The molecule has 0 spiro atoms. The van der Waals surface area contributed by atoms with Gasteiger partial charge in [0.1, 0.15) is 0 Å². The maximum Gasteiger partial charge on any atom is 0.0512 e. The van der Waals surface area contributed by atoms with Gasteiger partial charge in [0.05, 0.1) is 42.8 Å². The van der Waals surface area contributed by atoms with Crippen molar-refractivity contribution in [3.63, 3.8) is 0 Å². The summed E-state index contributed by atoms with van der Waals surface area (Å²) < 4.78 is 0. The number of rotatable bonds is 6. The molecule has 41 heavy (non-hydrogen) atoms. The summed E-state index contributed by atoms with van der Waals surface area (Å²) in [5, 5.41) is 2.60. The van der Waals surface area contributed by atoms with E-state index in [1.54, 1.807) is 0 Å². The number of anilines is 4. The topological polar surface area (TPSA) is 6.48 Å². The van der Waals surface area contributed by atoms with E-state index in [0.717, 1.165) is 94.9 Å². The molecule has 0 unspecified atom stereocenters. The Morgan fingerprint density at radius 3 is 1.05 bits per heavy atom. The van der Waals surface area contributed by atoms with Crippen LogP contribution in [0.3, 0.4) is 0 Å². The van der Waals surface area contributed by atoms with Gasteiger partial charge in [-0.1, -0.05) is 97.4 Å². The van der Waals surface area contributed by atoms with E-state index in [4.69, 9.17) is 46.4 Å². The number of nitrogens with zero attached hydrogens (tertiary/aromatic N) is 2. The van der Waals surface area contributed by atoms with Gasteiger partial charge >= 0.3 is 0 Å². The second-order valence-electron chi connectivity index (χ2n) is 10.4. The van der Waals surface area contributed by atoms with Gasteiger partial charge < -0.3 is 9.80 Å². The van der Waals surface area contributed by atoms with E-state index in [1.807, 2.05) is 48.5 Å².